The second-order valence-corrected chi connectivity index (χ2v) is 8.46. The number of sulfone groups is 1. The zero-order valence-electron chi connectivity index (χ0n) is 14.7. The van der Waals surface area contributed by atoms with Gasteiger partial charge >= 0.3 is 0 Å². The topological polar surface area (TPSA) is 51.2 Å². The molecule has 0 amide bonds. The van der Waals surface area contributed by atoms with Crippen LogP contribution in [-0.2, 0) is 14.6 Å². The SMILES string of the molecule is C=C/C=C(\C)[C@H]1CCCC[C@@H]1CC(=O)/C=C/S(=O)(=O)c1ccccc1. The van der Waals surface area contributed by atoms with E-state index in [0.717, 1.165) is 24.7 Å². The molecule has 4 heteroatoms. The Hall–Kier alpha value is -1.94. The van der Waals surface area contributed by atoms with Crippen LogP contribution < -0.4 is 0 Å². The molecule has 0 radical (unpaired) electrons. The Morgan fingerprint density at radius 3 is 2.56 bits per heavy atom. The number of ketones is 1. The van der Waals surface area contributed by atoms with E-state index in [1.165, 1.54) is 30.2 Å². The highest BCUT2D eigenvalue weighted by Crippen LogP contribution is 2.37. The van der Waals surface area contributed by atoms with Crippen LogP contribution in [0, 0.1) is 11.8 Å². The van der Waals surface area contributed by atoms with Crippen LogP contribution in [0.4, 0.5) is 0 Å². The summed E-state index contributed by atoms with van der Waals surface area (Å²) in [6.45, 7) is 5.83. The molecule has 0 unspecified atom stereocenters. The lowest BCUT2D eigenvalue weighted by Gasteiger charge is -2.31. The molecule has 2 rings (SSSR count). The normalized spacial score (nSPS) is 22.0. The van der Waals surface area contributed by atoms with Gasteiger partial charge in [-0.25, -0.2) is 8.42 Å². The van der Waals surface area contributed by atoms with E-state index in [1.807, 2.05) is 6.08 Å². The first-order valence-corrected chi connectivity index (χ1v) is 10.3. The van der Waals surface area contributed by atoms with E-state index in [0.29, 0.717) is 12.3 Å². The largest absolute Gasteiger partial charge is 0.295 e. The van der Waals surface area contributed by atoms with Gasteiger partial charge in [0.15, 0.2) is 15.6 Å². The standard InChI is InChI=1S/C21H26O3S/c1-3-9-17(2)21-13-8-7-10-18(21)16-19(22)14-15-25(23,24)20-11-5-4-6-12-20/h3-6,9,11-12,14-15,18,21H,1,7-8,10,13,16H2,2H3/b15-14+,17-9+/t18-,21-/m1/s1. The highest BCUT2D eigenvalue weighted by atomic mass is 32.2. The third kappa shape index (κ3) is 5.53. The smallest absolute Gasteiger partial charge is 0.199 e. The van der Waals surface area contributed by atoms with Crippen LogP contribution >= 0.6 is 0 Å². The number of benzene rings is 1. The molecular formula is C21H26O3S. The first-order chi connectivity index (χ1) is 11.9. The van der Waals surface area contributed by atoms with Crippen molar-refractivity contribution in [2.75, 3.05) is 0 Å². The first-order valence-electron chi connectivity index (χ1n) is 8.74. The van der Waals surface area contributed by atoms with Crippen LogP contribution in [0.5, 0.6) is 0 Å². The van der Waals surface area contributed by atoms with Crippen LogP contribution in [-0.4, -0.2) is 14.2 Å². The maximum Gasteiger partial charge on any atom is 0.199 e. The third-order valence-electron chi connectivity index (χ3n) is 4.84. The van der Waals surface area contributed by atoms with Crippen molar-refractivity contribution < 1.29 is 13.2 Å². The van der Waals surface area contributed by atoms with Gasteiger partial charge in [-0.2, -0.15) is 0 Å². The van der Waals surface area contributed by atoms with E-state index in [2.05, 4.69) is 13.5 Å². The van der Waals surface area contributed by atoms with Gasteiger partial charge in [0, 0.05) is 11.8 Å². The molecule has 1 aliphatic rings. The van der Waals surface area contributed by atoms with Gasteiger partial charge in [0.25, 0.3) is 0 Å². The molecule has 1 saturated carbocycles. The molecule has 0 saturated heterocycles. The lowest BCUT2D eigenvalue weighted by atomic mass is 9.73. The average molecular weight is 359 g/mol. The number of hydrogen-bond acceptors (Lipinski definition) is 3. The second kappa shape index (κ2) is 8.95. The molecule has 0 N–H and O–H groups in total. The highest BCUT2D eigenvalue weighted by molar-refractivity contribution is 7.94. The maximum absolute atomic E-state index is 12.3. The molecule has 0 heterocycles. The summed E-state index contributed by atoms with van der Waals surface area (Å²) >= 11 is 0. The Kier molecular flexibility index (Phi) is 6.94. The molecule has 0 bridgehead atoms. The average Bonchev–Trinajstić information content (AvgIpc) is 2.61. The first kappa shape index (κ1) is 19.4. The van der Waals surface area contributed by atoms with Gasteiger partial charge in [0.1, 0.15) is 0 Å². The zero-order valence-corrected chi connectivity index (χ0v) is 15.5. The van der Waals surface area contributed by atoms with Crippen LogP contribution in [0.3, 0.4) is 0 Å². The minimum absolute atomic E-state index is 0.122. The van der Waals surface area contributed by atoms with Gasteiger partial charge in [-0.15, -0.1) is 0 Å². The van der Waals surface area contributed by atoms with Crippen molar-refractivity contribution in [1.82, 2.24) is 0 Å². The quantitative estimate of drug-likeness (QED) is 0.516. The van der Waals surface area contributed by atoms with E-state index < -0.39 is 9.84 Å². The molecular weight excluding hydrogens is 332 g/mol. The van der Waals surface area contributed by atoms with Crippen molar-refractivity contribution >= 4 is 15.6 Å². The van der Waals surface area contributed by atoms with Gasteiger partial charge in [-0.3, -0.25) is 4.79 Å². The van der Waals surface area contributed by atoms with Crippen molar-refractivity contribution in [1.29, 1.82) is 0 Å². The fraction of sp³-hybridized carbons (Fsp3) is 0.381. The molecule has 0 aliphatic heterocycles. The lowest BCUT2D eigenvalue weighted by molar-refractivity contribution is -0.116. The van der Waals surface area contributed by atoms with E-state index in [9.17, 15) is 13.2 Å². The van der Waals surface area contributed by atoms with E-state index in [4.69, 9.17) is 0 Å². The third-order valence-corrected chi connectivity index (χ3v) is 6.27. The Balaban J connectivity index is 2.05. The molecule has 3 nitrogen and oxygen atoms in total. The summed E-state index contributed by atoms with van der Waals surface area (Å²) in [6, 6.07) is 8.17. The Morgan fingerprint density at radius 1 is 1.20 bits per heavy atom. The summed E-state index contributed by atoms with van der Waals surface area (Å²) in [5.41, 5.74) is 1.26. The fourth-order valence-electron chi connectivity index (χ4n) is 3.54. The van der Waals surface area contributed by atoms with Gasteiger partial charge in [0.05, 0.1) is 4.90 Å². The minimum Gasteiger partial charge on any atom is -0.295 e. The van der Waals surface area contributed by atoms with Gasteiger partial charge in [-0.1, -0.05) is 55.3 Å². The van der Waals surface area contributed by atoms with Gasteiger partial charge in [0.2, 0.25) is 0 Å². The molecule has 2 atom stereocenters. The molecule has 1 aromatic carbocycles. The fourth-order valence-corrected chi connectivity index (χ4v) is 4.57. The number of allylic oxidation sites excluding steroid dienone is 4. The molecule has 1 aliphatic carbocycles. The summed E-state index contributed by atoms with van der Waals surface area (Å²) < 4.78 is 24.5. The number of carbonyl (C=O) groups excluding carboxylic acids is 1. The van der Waals surface area contributed by atoms with Crippen LogP contribution in [0.25, 0.3) is 0 Å². The Bertz CT molecular complexity index is 758. The predicted octanol–water partition coefficient (Wildman–Crippen LogP) is 4.87. The van der Waals surface area contributed by atoms with E-state index in [-0.39, 0.29) is 16.6 Å². The lowest BCUT2D eigenvalue weighted by Crippen LogP contribution is -2.23. The van der Waals surface area contributed by atoms with Crippen LogP contribution in [0.1, 0.15) is 39.0 Å². The number of hydrogen-bond donors (Lipinski definition) is 0. The zero-order chi connectivity index (χ0) is 18.3. The number of rotatable bonds is 7. The van der Waals surface area contributed by atoms with Crippen molar-refractivity contribution in [3.8, 4) is 0 Å². The minimum atomic E-state index is -3.56. The molecule has 0 aromatic heterocycles. The number of carbonyl (C=O) groups is 1. The summed E-state index contributed by atoms with van der Waals surface area (Å²) in [6.07, 6.45) is 9.82. The van der Waals surface area contributed by atoms with E-state index >= 15 is 0 Å². The van der Waals surface area contributed by atoms with Crippen molar-refractivity contribution in [2.24, 2.45) is 11.8 Å². The molecule has 0 spiro atoms. The summed E-state index contributed by atoms with van der Waals surface area (Å²) in [4.78, 5) is 12.5. The van der Waals surface area contributed by atoms with Gasteiger partial charge < -0.3 is 0 Å². The Morgan fingerprint density at radius 2 is 1.88 bits per heavy atom. The van der Waals surface area contributed by atoms with Crippen molar-refractivity contribution in [2.45, 2.75) is 43.9 Å². The predicted molar refractivity (Wildman–Crippen MR) is 102 cm³/mol. The second-order valence-electron chi connectivity index (χ2n) is 6.63. The van der Waals surface area contributed by atoms with Crippen LogP contribution in [0.2, 0.25) is 0 Å². The van der Waals surface area contributed by atoms with Crippen LogP contribution in [0.15, 0.2) is 71.0 Å². The Labute approximate surface area is 151 Å². The highest BCUT2D eigenvalue weighted by Gasteiger charge is 2.27. The summed E-state index contributed by atoms with van der Waals surface area (Å²) in [5, 5.41) is 1.04. The summed E-state index contributed by atoms with van der Waals surface area (Å²) in [5.74, 6) is 0.541. The van der Waals surface area contributed by atoms with Crippen molar-refractivity contribution in [3.05, 3.63) is 66.1 Å². The monoisotopic (exact) mass is 358 g/mol. The maximum atomic E-state index is 12.3. The molecule has 134 valence electrons. The van der Waals surface area contributed by atoms with Gasteiger partial charge in [-0.05, 0) is 49.8 Å². The van der Waals surface area contributed by atoms with Crippen molar-refractivity contribution in [3.63, 3.8) is 0 Å². The molecule has 25 heavy (non-hydrogen) atoms. The molecule has 1 fully saturated rings. The molecule has 1 aromatic rings. The van der Waals surface area contributed by atoms with E-state index in [1.54, 1.807) is 24.3 Å². The summed E-state index contributed by atoms with van der Waals surface area (Å²) in [7, 11) is -3.56.